The summed E-state index contributed by atoms with van der Waals surface area (Å²) in [4.78, 5) is 0. The Labute approximate surface area is 116 Å². The number of nitrogens with zero attached hydrogens (tertiary/aromatic N) is 3. The van der Waals surface area contributed by atoms with Crippen LogP contribution in [0.25, 0.3) is 0 Å². The summed E-state index contributed by atoms with van der Waals surface area (Å²) >= 11 is 1.74. The van der Waals surface area contributed by atoms with Crippen molar-refractivity contribution in [1.82, 2.24) is 20.3 Å². The second-order valence-electron chi connectivity index (χ2n) is 4.95. The van der Waals surface area contributed by atoms with E-state index in [1.165, 1.54) is 5.56 Å². The van der Waals surface area contributed by atoms with Crippen molar-refractivity contribution >= 4 is 11.3 Å². The summed E-state index contributed by atoms with van der Waals surface area (Å²) in [6.45, 7) is 6.13. The molecule has 1 aliphatic heterocycles. The maximum Gasteiger partial charge on any atom is 0.0904 e. The molecular weight excluding hydrogens is 260 g/mol. The molecule has 0 aromatic carbocycles. The number of nitrogens with one attached hydrogen (secondary N) is 1. The van der Waals surface area contributed by atoms with E-state index < -0.39 is 0 Å². The van der Waals surface area contributed by atoms with Crippen LogP contribution in [0.5, 0.6) is 0 Å². The minimum absolute atomic E-state index is 0.445. The van der Waals surface area contributed by atoms with E-state index in [1.807, 2.05) is 11.6 Å². The van der Waals surface area contributed by atoms with Crippen molar-refractivity contribution in [2.24, 2.45) is 5.92 Å². The number of hydrogen-bond acceptors (Lipinski definition) is 5. The van der Waals surface area contributed by atoms with Crippen LogP contribution in [-0.4, -0.2) is 28.1 Å². The Morgan fingerprint density at radius 1 is 1.58 bits per heavy atom. The Hall–Kier alpha value is -1.24. The van der Waals surface area contributed by atoms with E-state index >= 15 is 0 Å². The van der Waals surface area contributed by atoms with Crippen molar-refractivity contribution in [1.29, 1.82) is 0 Å². The third-order valence-corrected chi connectivity index (χ3v) is 4.13. The third kappa shape index (κ3) is 3.02. The zero-order valence-corrected chi connectivity index (χ0v) is 11.8. The summed E-state index contributed by atoms with van der Waals surface area (Å²) in [6.07, 6.45) is 0. The molecule has 0 saturated heterocycles. The molecular formula is C13H18N4OS. The highest BCUT2D eigenvalue weighted by Crippen LogP contribution is 2.14. The predicted octanol–water partition coefficient (Wildman–Crippen LogP) is 1.58. The molecule has 0 aliphatic carbocycles. The Morgan fingerprint density at radius 3 is 3.37 bits per heavy atom. The normalized spacial score (nSPS) is 19.1. The van der Waals surface area contributed by atoms with Crippen molar-refractivity contribution < 1.29 is 4.74 Å². The van der Waals surface area contributed by atoms with Gasteiger partial charge in [0.05, 0.1) is 24.6 Å². The molecule has 3 rings (SSSR count). The number of aryl methyl sites for hydroxylation is 1. The highest BCUT2D eigenvalue weighted by molar-refractivity contribution is 7.07. The molecule has 102 valence electrons. The van der Waals surface area contributed by atoms with E-state index in [2.05, 4.69) is 32.5 Å². The van der Waals surface area contributed by atoms with Crippen molar-refractivity contribution in [3.05, 3.63) is 33.8 Å². The van der Waals surface area contributed by atoms with E-state index in [-0.39, 0.29) is 0 Å². The van der Waals surface area contributed by atoms with Gasteiger partial charge in [-0.15, -0.1) is 5.10 Å². The monoisotopic (exact) mass is 278 g/mol. The molecule has 0 amide bonds. The van der Waals surface area contributed by atoms with Crippen LogP contribution in [0.3, 0.4) is 0 Å². The molecule has 5 nitrogen and oxygen atoms in total. The number of ether oxygens (including phenoxy) is 1. The van der Waals surface area contributed by atoms with Gasteiger partial charge in [0.25, 0.3) is 0 Å². The van der Waals surface area contributed by atoms with Gasteiger partial charge in [-0.2, -0.15) is 11.3 Å². The molecule has 0 radical (unpaired) electrons. The number of fused-ring (bicyclic) bond motifs is 1. The van der Waals surface area contributed by atoms with Crippen molar-refractivity contribution in [2.75, 3.05) is 13.2 Å². The van der Waals surface area contributed by atoms with Crippen molar-refractivity contribution in [3.63, 3.8) is 0 Å². The summed E-state index contributed by atoms with van der Waals surface area (Å²) in [7, 11) is 0. The van der Waals surface area contributed by atoms with Crippen LogP contribution in [-0.2, 0) is 24.4 Å². The van der Waals surface area contributed by atoms with Gasteiger partial charge in [0.15, 0.2) is 0 Å². The van der Waals surface area contributed by atoms with Gasteiger partial charge in [-0.05, 0) is 29.3 Å². The Bertz CT molecular complexity index is 523. The van der Waals surface area contributed by atoms with Crippen LogP contribution in [0.1, 0.15) is 17.0 Å². The second kappa shape index (κ2) is 5.81. The molecule has 1 atom stereocenters. The molecule has 0 saturated carbocycles. The van der Waals surface area contributed by atoms with E-state index in [0.29, 0.717) is 12.5 Å². The first kappa shape index (κ1) is 12.8. The first-order valence-corrected chi connectivity index (χ1v) is 7.45. The summed E-state index contributed by atoms with van der Waals surface area (Å²) in [5.41, 5.74) is 3.43. The van der Waals surface area contributed by atoms with Crippen LogP contribution in [0.2, 0.25) is 0 Å². The smallest absolute Gasteiger partial charge is 0.0904 e. The number of thiophene rings is 1. The lowest BCUT2D eigenvalue weighted by Gasteiger charge is -2.14. The molecule has 1 aliphatic rings. The van der Waals surface area contributed by atoms with Gasteiger partial charge < -0.3 is 10.1 Å². The van der Waals surface area contributed by atoms with Gasteiger partial charge in [-0.1, -0.05) is 5.21 Å². The number of rotatable bonds is 4. The summed E-state index contributed by atoms with van der Waals surface area (Å²) in [5, 5.41) is 16.1. The molecule has 2 aromatic heterocycles. The number of aromatic nitrogens is 3. The third-order valence-electron chi connectivity index (χ3n) is 3.40. The van der Waals surface area contributed by atoms with E-state index in [1.54, 1.807) is 11.3 Å². The second-order valence-corrected chi connectivity index (χ2v) is 5.73. The SMILES string of the molecule is Cc1nnn2c1COC[C@@H](CNCc1ccsc1)C2. The molecule has 0 bridgehead atoms. The maximum atomic E-state index is 5.72. The minimum atomic E-state index is 0.445. The van der Waals surface area contributed by atoms with E-state index in [9.17, 15) is 0 Å². The highest BCUT2D eigenvalue weighted by Gasteiger charge is 2.19. The average Bonchev–Trinajstić information content (AvgIpc) is 2.97. The lowest BCUT2D eigenvalue weighted by Crippen LogP contribution is -2.28. The fourth-order valence-electron chi connectivity index (χ4n) is 2.30. The van der Waals surface area contributed by atoms with Gasteiger partial charge in [-0.25, -0.2) is 4.68 Å². The average molecular weight is 278 g/mol. The first-order chi connectivity index (χ1) is 9.33. The molecule has 1 N–H and O–H groups in total. The minimum Gasteiger partial charge on any atom is -0.375 e. The van der Waals surface area contributed by atoms with Crippen molar-refractivity contribution in [2.45, 2.75) is 26.6 Å². The molecule has 3 heterocycles. The standard InChI is InChI=1S/C13H18N4OS/c1-10-13-8-18-7-12(6-17(13)16-15-10)5-14-4-11-2-3-19-9-11/h2-3,9,12,14H,4-8H2,1H3/t12-/m0/s1. The van der Waals surface area contributed by atoms with E-state index in [4.69, 9.17) is 4.74 Å². The molecule has 19 heavy (non-hydrogen) atoms. The van der Waals surface area contributed by atoms with Gasteiger partial charge in [0.2, 0.25) is 0 Å². The topological polar surface area (TPSA) is 52.0 Å². The summed E-state index contributed by atoms with van der Waals surface area (Å²) < 4.78 is 7.71. The lowest BCUT2D eigenvalue weighted by molar-refractivity contribution is 0.0936. The largest absolute Gasteiger partial charge is 0.375 e. The van der Waals surface area contributed by atoms with Crippen LogP contribution >= 0.6 is 11.3 Å². The molecule has 2 aromatic rings. The van der Waals surface area contributed by atoms with Crippen LogP contribution in [0.4, 0.5) is 0 Å². The molecule has 0 unspecified atom stereocenters. The van der Waals surface area contributed by atoms with E-state index in [0.717, 1.165) is 37.6 Å². The van der Waals surface area contributed by atoms with Gasteiger partial charge in [0, 0.05) is 25.6 Å². The highest BCUT2D eigenvalue weighted by atomic mass is 32.1. The van der Waals surface area contributed by atoms with Crippen LogP contribution < -0.4 is 5.32 Å². The predicted molar refractivity (Wildman–Crippen MR) is 73.9 cm³/mol. The Balaban J connectivity index is 1.54. The summed E-state index contributed by atoms with van der Waals surface area (Å²) in [5.74, 6) is 0.445. The van der Waals surface area contributed by atoms with Crippen LogP contribution in [0, 0.1) is 12.8 Å². The fraction of sp³-hybridized carbons (Fsp3) is 0.538. The summed E-state index contributed by atoms with van der Waals surface area (Å²) in [6, 6.07) is 2.15. The van der Waals surface area contributed by atoms with Gasteiger partial charge >= 0.3 is 0 Å². The van der Waals surface area contributed by atoms with Crippen molar-refractivity contribution in [3.8, 4) is 0 Å². The van der Waals surface area contributed by atoms with Gasteiger partial charge in [0.1, 0.15) is 0 Å². The van der Waals surface area contributed by atoms with Gasteiger partial charge in [-0.3, -0.25) is 0 Å². The first-order valence-electron chi connectivity index (χ1n) is 6.51. The molecule has 6 heteroatoms. The Morgan fingerprint density at radius 2 is 2.53 bits per heavy atom. The molecule has 0 spiro atoms. The lowest BCUT2D eigenvalue weighted by atomic mass is 10.1. The zero-order chi connectivity index (χ0) is 13.1. The fourth-order valence-corrected chi connectivity index (χ4v) is 2.97. The maximum absolute atomic E-state index is 5.72. The quantitative estimate of drug-likeness (QED) is 0.922. The molecule has 0 fully saturated rings. The number of hydrogen-bond donors (Lipinski definition) is 1. The van der Waals surface area contributed by atoms with Crippen LogP contribution in [0.15, 0.2) is 16.8 Å². The Kier molecular flexibility index (Phi) is 3.91. The zero-order valence-electron chi connectivity index (χ0n) is 11.0.